The van der Waals surface area contributed by atoms with Crippen LogP contribution in [0.25, 0.3) is 0 Å². The second-order valence-electron chi connectivity index (χ2n) is 15.3. The number of rotatable bonds is 26. The van der Waals surface area contributed by atoms with E-state index in [4.69, 9.17) is 20.0 Å². The van der Waals surface area contributed by atoms with Gasteiger partial charge in [0.2, 0.25) is 5.69 Å². The summed E-state index contributed by atoms with van der Waals surface area (Å²) >= 11 is 1.56. The molecule has 0 radical (unpaired) electrons. The van der Waals surface area contributed by atoms with Crippen molar-refractivity contribution in [2.24, 2.45) is 0 Å². The standard InChI is InChI=1S/C40H50N2O18S4/c1-39(2)32(41(17-9-23-63(49,50)51)30-14-8-13-28(34(30)39)36(43)44)15-6-5-7-16-33-40(3,4)35-29(38(46)56-20-12-22-62-60-58-48)25-27(37(45)55-19-11-21-61-59-57-47)26-31(35)42(33)18-10-24-64(52,53)54/h5-8,13-16,25-26H,9-12,17-24H2,1-4H3,(H4-,43,44,47,48,49,50,51,52,53,54)/p+1. The molecule has 0 unspecified atom stereocenters. The molecule has 352 valence electrons. The van der Waals surface area contributed by atoms with E-state index in [0.29, 0.717) is 52.5 Å². The van der Waals surface area contributed by atoms with Crippen LogP contribution in [0, 0.1) is 0 Å². The minimum absolute atomic E-state index is 0.0157. The van der Waals surface area contributed by atoms with Crippen LogP contribution >= 0.6 is 24.1 Å². The molecular weight excluding hydrogens is 925 g/mol. The Labute approximate surface area is 379 Å². The van der Waals surface area contributed by atoms with Gasteiger partial charge in [-0.25, -0.2) is 24.9 Å². The summed E-state index contributed by atoms with van der Waals surface area (Å²) in [4.78, 5) is 41.3. The third-order valence-electron chi connectivity index (χ3n) is 10.2. The molecule has 5 N–H and O–H groups in total. The Morgan fingerprint density at radius 1 is 0.766 bits per heavy atom. The molecule has 0 bridgehead atoms. The Balaban J connectivity index is 1.76. The van der Waals surface area contributed by atoms with Crippen LogP contribution in [-0.2, 0) is 59.3 Å². The molecule has 0 aromatic heterocycles. The smallest absolute Gasteiger partial charge is 0.338 e. The van der Waals surface area contributed by atoms with Crippen molar-refractivity contribution < 1.29 is 88.7 Å². The largest absolute Gasteiger partial charge is 0.478 e. The average molecular weight is 976 g/mol. The molecular formula is C40H51N2O18S4+. The lowest BCUT2D eigenvalue weighted by Crippen LogP contribution is -2.29. The molecule has 2 aliphatic heterocycles. The third-order valence-corrected chi connectivity index (χ3v) is 13.0. The number of carbonyl (C=O) groups is 3. The number of nitrogens with zero attached hydrogens (tertiary/aromatic N) is 2. The Hall–Kier alpha value is -4.18. The van der Waals surface area contributed by atoms with Gasteiger partial charge in [0.05, 0.1) is 52.4 Å². The fourth-order valence-electron chi connectivity index (χ4n) is 7.65. The fourth-order valence-corrected chi connectivity index (χ4v) is 9.33. The number of carboxylic acids is 1. The van der Waals surface area contributed by atoms with E-state index in [9.17, 15) is 45.4 Å². The van der Waals surface area contributed by atoms with Gasteiger partial charge in [-0.1, -0.05) is 48.2 Å². The summed E-state index contributed by atoms with van der Waals surface area (Å²) < 4.78 is 87.3. The van der Waals surface area contributed by atoms with Crippen LogP contribution in [0.3, 0.4) is 0 Å². The highest BCUT2D eigenvalue weighted by atomic mass is 32.2. The Morgan fingerprint density at radius 3 is 1.97 bits per heavy atom. The van der Waals surface area contributed by atoms with Gasteiger partial charge in [-0.2, -0.15) is 21.4 Å². The maximum atomic E-state index is 13.9. The second kappa shape index (κ2) is 23.3. The zero-order chi connectivity index (χ0) is 47.3. The van der Waals surface area contributed by atoms with E-state index in [1.54, 1.807) is 47.4 Å². The number of ether oxygens (including phenoxy) is 2. The number of allylic oxidation sites excluding steroid dienone is 6. The van der Waals surface area contributed by atoms with E-state index < -0.39 is 60.5 Å². The fraction of sp³-hybridized carbons (Fsp3) is 0.450. The summed E-state index contributed by atoms with van der Waals surface area (Å²) in [5.74, 6) is -3.20. The summed E-state index contributed by atoms with van der Waals surface area (Å²) in [7, 11) is -8.63. The Kier molecular flexibility index (Phi) is 19.1. The van der Waals surface area contributed by atoms with Crippen molar-refractivity contribution in [3.05, 3.63) is 94.2 Å². The van der Waals surface area contributed by atoms with E-state index in [0.717, 1.165) is 24.1 Å². The molecule has 0 atom stereocenters. The first-order valence-electron chi connectivity index (χ1n) is 19.6. The number of hydrogen-bond donors (Lipinski definition) is 5. The number of anilines is 1. The summed E-state index contributed by atoms with van der Waals surface area (Å²) in [6.07, 6.45) is 9.21. The number of fused-ring (bicyclic) bond motifs is 2. The van der Waals surface area contributed by atoms with Gasteiger partial charge in [-0.05, 0) is 57.4 Å². The number of esters is 2. The van der Waals surface area contributed by atoms with Crippen molar-refractivity contribution in [2.75, 3.05) is 54.2 Å². The van der Waals surface area contributed by atoms with Crippen molar-refractivity contribution >= 4 is 79.3 Å². The average Bonchev–Trinajstić information content (AvgIpc) is 3.56. The molecule has 0 saturated carbocycles. The van der Waals surface area contributed by atoms with Crippen LogP contribution in [0.1, 0.15) is 95.6 Å². The predicted molar refractivity (Wildman–Crippen MR) is 236 cm³/mol. The second-order valence-corrected chi connectivity index (χ2v) is 20.0. The van der Waals surface area contributed by atoms with Crippen LogP contribution < -0.4 is 4.90 Å². The van der Waals surface area contributed by atoms with Crippen LogP contribution in [0.2, 0.25) is 0 Å². The van der Waals surface area contributed by atoms with Gasteiger partial charge in [0, 0.05) is 83.1 Å². The Morgan fingerprint density at radius 2 is 1.38 bits per heavy atom. The summed E-state index contributed by atoms with van der Waals surface area (Å²) in [5.41, 5.74) is 1.44. The number of aromatic carboxylic acids is 1. The molecule has 0 saturated heterocycles. The normalized spacial score (nSPS) is 16.2. The van der Waals surface area contributed by atoms with E-state index in [2.05, 4.69) is 18.7 Å². The van der Waals surface area contributed by atoms with Gasteiger partial charge in [0.1, 0.15) is 6.54 Å². The molecule has 24 heteroatoms. The summed E-state index contributed by atoms with van der Waals surface area (Å²) in [6, 6.07) is 7.72. The van der Waals surface area contributed by atoms with E-state index in [-0.39, 0.29) is 61.6 Å². The molecule has 0 spiro atoms. The molecule has 2 aliphatic rings. The summed E-state index contributed by atoms with van der Waals surface area (Å²) in [5, 5.41) is 33.9. The number of carbonyl (C=O) groups excluding carboxylic acids is 2. The highest BCUT2D eigenvalue weighted by molar-refractivity contribution is 7.94. The zero-order valence-electron chi connectivity index (χ0n) is 35.3. The highest BCUT2D eigenvalue weighted by Gasteiger charge is 2.47. The molecule has 64 heavy (non-hydrogen) atoms. The quantitative estimate of drug-likeness (QED) is 0.0100. The van der Waals surface area contributed by atoms with Gasteiger partial charge in [-0.15, -0.1) is 8.67 Å². The van der Waals surface area contributed by atoms with Crippen LogP contribution in [0.15, 0.2) is 66.4 Å². The number of carboxylic acid groups (broad SMARTS) is 1. The summed E-state index contributed by atoms with van der Waals surface area (Å²) in [6.45, 7) is 7.39. The zero-order valence-corrected chi connectivity index (χ0v) is 38.6. The topological polar surface area (TPSA) is 282 Å². The third kappa shape index (κ3) is 13.9. The lowest BCUT2D eigenvalue weighted by atomic mass is 9.79. The van der Waals surface area contributed by atoms with Gasteiger partial charge < -0.3 is 19.5 Å². The molecule has 20 nitrogen and oxygen atoms in total. The maximum Gasteiger partial charge on any atom is 0.338 e. The highest BCUT2D eigenvalue weighted by Crippen LogP contribution is 2.50. The number of hydrogen-bond acceptors (Lipinski definition) is 18. The Bertz CT molecular complexity index is 2380. The monoisotopic (exact) mass is 975 g/mol. The molecule has 2 aromatic rings. The lowest BCUT2D eigenvalue weighted by molar-refractivity contribution is -0.437. The molecule has 0 fully saturated rings. The van der Waals surface area contributed by atoms with Crippen molar-refractivity contribution in [1.29, 1.82) is 0 Å². The van der Waals surface area contributed by atoms with Crippen molar-refractivity contribution in [2.45, 2.75) is 64.2 Å². The lowest BCUT2D eigenvalue weighted by Gasteiger charge is -2.27. The van der Waals surface area contributed by atoms with Crippen molar-refractivity contribution in [3.8, 4) is 0 Å². The molecule has 2 aromatic carbocycles. The van der Waals surface area contributed by atoms with Crippen LogP contribution in [0.5, 0.6) is 0 Å². The van der Waals surface area contributed by atoms with Gasteiger partial charge in [0.15, 0.2) is 5.71 Å². The molecule has 0 aliphatic carbocycles. The SMILES string of the molecule is CC1(C)C(/C=C/C=C/C=C2/N(CCCS(=O)(=O)O)c3cc(C(=O)OCCCSOOO)cc(C(=O)OCCCSOOO)c3C2(C)C)=[N+](CCCS(=O)(=O)O)c2cccc(C(=O)O)c21. The van der Waals surface area contributed by atoms with Crippen LogP contribution in [-0.4, -0.2) is 119 Å². The number of benzene rings is 2. The van der Waals surface area contributed by atoms with Gasteiger partial charge >= 0.3 is 17.9 Å². The van der Waals surface area contributed by atoms with E-state index in [1.165, 1.54) is 18.2 Å². The predicted octanol–water partition coefficient (Wildman–Crippen LogP) is 6.34. The first kappa shape index (κ1) is 52.4. The minimum Gasteiger partial charge on any atom is -0.478 e. The first-order valence-corrected chi connectivity index (χ1v) is 24.7. The molecule has 4 rings (SSSR count). The molecule has 0 amide bonds. The maximum absolute atomic E-state index is 13.9. The van der Waals surface area contributed by atoms with Crippen LogP contribution in [0.4, 0.5) is 11.4 Å². The van der Waals surface area contributed by atoms with E-state index in [1.807, 2.05) is 32.3 Å². The van der Waals surface area contributed by atoms with Crippen molar-refractivity contribution in [1.82, 2.24) is 0 Å². The van der Waals surface area contributed by atoms with Crippen molar-refractivity contribution in [3.63, 3.8) is 0 Å². The first-order chi connectivity index (χ1) is 30.2. The van der Waals surface area contributed by atoms with Gasteiger partial charge in [0.25, 0.3) is 20.2 Å². The van der Waals surface area contributed by atoms with E-state index >= 15 is 0 Å². The minimum atomic E-state index is -4.37. The molecule has 2 heterocycles. The van der Waals surface area contributed by atoms with Gasteiger partial charge in [-0.3, -0.25) is 9.11 Å².